The number of thiophene rings is 1. The van der Waals surface area contributed by atoms with Crippen LogP contribution in [0.4, 0.5) is 5.69 Å². The SMILES string of the molecule is N#Cc1cccc(NC(=O)C2CCN(C(=O)Cc3cccs3)CC2)c1. The Balaban J connectivity index is 1.50. The van der Waals surface area contributed by atoms with Crippen molar-refractivity contribution in [3.8, 4) is 6.07 Å². The average Bonchev–Trinajstić information content (AvgIpc) is 3.15. The van der Waals surface area contributed by atoms with Gasteiger partial charge in [0.15, 0.2) is 0 Å². The second-order valence-corrected chi connectivity index (χ2v) is 7.13. The molecule has 1 N–H and O–H groups in total. The predicted octanol–water partition coefficient (Wildman–Crippen LogP) is 3.04. The van der Waals surface area contributed by atoms with Crippen LogP contribution in [0.25, 0.3) is 0 Å². The fourth-order valence-electron chi connectivity index (χ4n) is 2.98. The lowest BCUT2D eigenvalue weighted by atomic mass is 9.95. The minimum absolute atomic E-state index is 0.0413. The van der Waals surface area contributed by atoms with Crippen LogP contribution in [0.2, 0.25) is 0 Å². The minimum atomic E-state index is -0.100. The number of nitrogens with zero attached hydrogens (tertiary/aromatic N) is 2. The second kappa shape index (κ2) is 7.95. The van der Waals surface area contributed by atoms with Crippen molar-refractivity contribution in [3.63, 3.8) is 0 Å². The number of hydrogen-bond acceptors (Lipinski definition) is 4. The van der Waals surface area contributed by atoms with Gasteiger partial charge in [-0.1, -0.05) is 12.1 Å². The summed E-state index contributed by atoms with van der Waals surface area (Å²) in [6.07, 6.45) is 1.77. The number of benzene rings is 1. The highest BCUT2D eigenvalue weighted by molar-refractivity contribution is 7.10. The Hall–Kier alpha value is -2.65. The fourth-order valence-corrected chi connectivity index (χ4v) is 3.67. The highest BCUT2D eigenvalue weighted by Crippen LogP contribution is 2.21. The number of rotatable bonds is 4. The summed E-state index contributed by atoms with van der Waals surface area (Å²) in [7, 11) is 0. The van der Waals surface area contributed by atoms with Crippen LogP contribution >= 0.6 is 11.3 Å². The molecule has 0 bridgehead atoms. The number of piperidine rings is 1. The number of hydrogen-bond donors (Lipinski definition) is 1. The van der Waals surface area contributed by atoms with Gasteiger partial charge in [-0.25, -0.2) is 0 Å². The van der Waals surface area contributed by atoms with Crippen molar-refractivity contribution in [2.75, 3.05) is 18.4 Å². The molecule has 2 heterocycles. The smallest absolute Gasteiger partial charge is 0.227 e. The van der Waals surface area contributed by atoms with Gasteiger partial charge in [0.2, 0.25) is 11.8 Å². The van der Waals surface area contributed by atoms with E-state index < -0.39 is 0 Å². The van der Waals surface area contributed by atoms with Gasteiger partial charge in [0.25, 0.3) is 0 Å². The summed E-state index contributed by atoms with van der Waals surface area (Å²) in [5, 5.41) is 13.8. The van der Waals surface area contributed by atoms with Gasteiger partial charge in [0.1, 0.15) is 0 Å². The van der Waals surface area contributed by atoms with Gasteiger partial charge < -0.3 is 10.2 Å². The Kier molecular flexibility index (Phi) is 5.46. The van der Waals surface area contributed by atoms with Crippen molar-refractivity contribution >= 4 is 28.8 Å². The van der Waals surface area contributed by atoms with E-state index >= 15 is 0 Å². The van der Waals surface area contributed by atoms with Crippen molar-refractivity contribution in [1.29, 1.82) is 5.26 Å². The summed E-state index contributed by atoms with van der Waals surface area (Å²) >= 11 is 1.59. The zero-order valence-electron chi connectivity index (χ0n) is 13.8. The lowest BCUT2D eigenvalue weighted by molar-refractivity contribution is -0.133. The molecule has 0 spiro atoms. The molecule has 1 saturated heterocycles. The van der Waals surface area contributed by atoms with Crippen molar-refractivity contribution < 1.29 is 9.59 Å². The van der Waals surface area contributed by atoms with Crippen molar-refractivity contribution in [1.82, 2.24) is 4.90 Å². The Morgan fingerprint density at radius 2 is 2.04 bits per heavy atom. The Bertz CT molecular complexity index is 787. The highest BCUT2D eigenvalue weighted by Gasteiger charge is 2.27. The summed E-state index contributed by atoms with van der Waals surface area (Å²) in [5.41, 5.74) is 1.16. The number of amides is 2. The normalized spacial score (nSPS) is 14.8. The largest absolute Gasteiger partial charge is 0.342 e. The number of likely N-dealkylation sites (tertiary alicyclic amines) is 1. The molecule has 0 saturated carbocycles. The van der Waals surface area contributed by atoms with Crippen molar-refractivity contribution in [3.05, 3.63) is 52.2 Å². The molecule has 2 aromatic rings. The number of nitrogens with one attached hydrogen (secondary N) is 1. The number of anilines is 1. The Labute approximate surface area is 150 Å². The van der Waals surface area contributed by atoms with E-state index in [1.807, 2.05) is 22.4 Å². The van der Waals surface area contributed by atoms with Gasteiger partial charge in [-0.05, 0) is 42.5 Å². The molecule has 128 valence electrons. The zero-order valence-corrected chi connectivity index (χ0v) is 14.6. The first-order valence-electron chi connectivity index (χ1n) is 8.27. The van der Waals surface area contributed by atoms with Gasteiger partial charge in [-0.3, -0.25) is 9.59 Å². The Morgan fingerprint density at radius 1 is 1.24 bits per heavy atom. The maximum atomic E-state index is 12.4. The average molecular weight is 353 g/mol. The molecule has 0 atom stereocenters. The molecular weight excluding hydrogens is 334 g/mol. The molecule has 5 nitrogen and oxygen atoms in total. The van der Waals surface area contributed by atoms with Gasteiger partial charge in [-0.15, -0.1) is 11.3 Å². The van der Waals surface area contributed by atoms with Crippen molar-refractivity contribution in [2.24, 2.45) is 5.92 Å². The molecule has 1 fully saturated rings. The molecule has 1 aromatic carbocycles. The second-order valence-electron chi connectivity index (χ2n) is 6.09. The number of nitriles is 1. The van der Waals surface area contributed by atoms with Crippen molar-refractivity contribution in [2.45, 2.75) is 19.3 Å². The van der Waals surface area contributed by atoms with E-state index in [4.69, 9.17) is 5.26 Å². The monoisotopic (exact) mass is 353 g/mol. The third kappa shape index (κ3) is 4.46. The molecule has 6 heteroatoms. The summed E-state index contributed by atoms with van der Waals surface area (Å²) in [5.74, 6) is -0.0139. The molecule has 2 amide bonds. The molecule has 0 unspecified atom stereocenters. The highest BCUT2D eigenvalue weighted by atomic mass is 32.1. The third-order valence-electron chi connectivity index (χ3n) is 4.38. The van der Waals surface area contributed by atoms with Crippen LogP contribution < -0.4 is 5.32 Å². The first kappa shape index (κ1) is 17.2. The molecule has 1 aromatic heterocycles. The first-order valence-corrected chi connectivity index (χ1v) is 9.15. The molecule has 0 aliphatic carbocycles. The van der Waals surface area contributed by atoms with E-state index in [-0.39, 0.29) is 17.7 Å². The fraction of sp³-hybridized carbons (Fsp3) is 0.316. The van der Waals surface area contributed by atoms with Crippen LogP contribution in [0.5, 0.6) is 0 Å². The van der Waals surface area contributed by atoms with Crippen LogP contribution in [0.15, 0.2) is 41.8 Å². The van der Waals surface area contributed by atoms with Gasteiger partial charge >= 0.3 is 0 Å². The Morgan fingerprint density at radius 3 is 2.72 bits per heavy atom. The van der Waals surface area contributed by atoms with E-state index in [2.05, 4.69) is 11.4 Å². The maximum absolute atomic E-state index is 12.4. The molecule has 25 heavy (non-hydrogen) atoms. The van der Waals surface area contributed by atoms with Crippen LogP contribution in [0, 0.1) is 17.2 Å². The van der Waals surface area contributed by atoms with Gasteiger partial charge in [-0.2, -0.15) is 5.26 Å². The van der Waals surface area contributed by atoms with E-state index in [0.29, 0.717) is 43.6 Å². The maximum Gasteiger partial charge on any atom is 0.227 e. The van der Waals surface area contributed by atoms with E-state index in [1.165, 1.54) is 0 Å². The van der Waals surface area contributed by atoms with E-state index in [0.717, 1.165) is 4.88 Å². The molecule has 1 aliphatic heterocycles. The van der Waals surface area contributed by atoms with Gasteiger partial charge in [0, 0.05) is 29.6 Å². The lowest BCUT2D eigenvalue weighted by Gasteiger charge is -2.31. The molecule has 3 rings (SSSR count). The summed E-state index contributed by atoms with van der Waals surface area (Å²) in [4.78, 5) is 27.6. The summed E-state index contributed by atoms with van der Waals surface area (Å²) < 4.78 is 0. The van der Waals surface area contributed by atoms with Crippen LogP contribution in [-0.4, -0.2) is 29.8 Å². The minimum Gasteiger partial charge on any atom is -0.342 e. The summed E-state index contributed by atoms with van der Waals surface area (Å²) in [6, 6.07) is 12.9. The third-order valence-corrected chi connectivity index (χ3v) is 5.26. The molecule has 1 aliphatic rings. The number of carbonyl (C=O) groups is 2. The zero-order chi connectivity index (χ0) is 17.6. The standard InChI is InChI=1S/C19H19N3O2S/c20-13-14-3-1-4-16(11-14)21-19(24)15-6-8-22(9-7-15)18(23)12-17-5-2-10-25-17/h1-5,10-11,15H,6-9,12H2,(H,21,24). The molecule has 0 radical (unpaired) electrons. The van der Waals surface area contributed by atoms with Crippen LogP contribution in [0.1, 0.15) is 23.3 Å². The first-order chi connectivity index (χ1) is 12.2. The van der Waals surface area contributed by atoms with Crippen LogP contribution in [0.3, 0.4) is 0 Å². The number of carbonyl (C=O) groups excluding carboxylic acids is 2. The molecular formula is C19H19N3O2S. The van der Waals surface area contributed by atoms with Gasteiger partial charge in [0.05, 0.1) is 18.1 Å². The quantitative estimate of drug-likeness (QED) is 0.918. The predicted molar refractivity (Wildman–Crippen MR) is 97.1 cm³/mol. The van der Waals surface area contributed by atoms with Crippen LogP contribution in [-0.2, 0) is 16.0 Å². The van der Waals surface area contributed by atoms with E-state index in [1.54, 1.807) is 35.6 Å². The van der Waals surface area contributed by atoms with E-state index in [9.17, 15) is 9.59 Å². The topological polar surface area (TPSA) is 73.2 Å². The lowest BCUT2D eigenvalue weighted by Crippen LogP contribution is -2.42. The summed E-state index contributed by atoms with van der Waals surface area (Å²) in [6.45, 7) is 1.22.